The minimum Gasteiger partial charge on any atom is -0.478 e. The summed E-state index contributed by atoms with van der Waals surface area (Å²) < 4.78 is 129. The Bertz CT molecular complexity index is 1910. The Morgan fingerprint density at radius 3 is 1.71 bits per heavy atom. The highest BCUT2D eigenvalue weighted by molar-refractivity contribution is 6.06. The van der Waals surface area contributed by atoms with Crippen LogP contribution in [0.25, 0.3) is 11.1 Å². The molecule has 0 bridgehead atoms. The van der Waals surface area contributed by atoms with Crippen LogP contribution < -0.4 is 0 Å². The molecule has 0 aliphatic carbocycles. The van der Waals surface area contributed by atoms with Gasteiger partial charge in [-0.2, -0.15) is 39.5 Å². The quantitative estimate of drug-likeness (QED) is 0.140. The van der Waals surface area contributed by atoms with Crippen LogP contribution >= 0.6 is 0 Å². The Hall–Kier alpha value is -4.94. The van der Waals surface area contributed by atoms with E-state index < -0.39 is 69.3 Å². The molecule has 258 valence electrons. The molecule has 0 spiro atoms. The monoisotopic (exact) mass is 694 g/mol. The largest absolute Gasteiger partial charge is 0.478 e. The number of Topliss-reactive ketones (excluding diaryl/α,β-unsaturated/α-hetero) is 2. The predicted octanol–water partition coefficient (Wildman–Crippen LogP) is 10.1. The SMILES string of the molecule is CCC(=O)c1ccc(C(c2ccc(C(=O)Cc3ccc(-c4ccc(C)cc4C(F)(F)F)c(C)c3)cc2)(C(F)(F)F)C(F)(F)F)cc1C(=O)O. The summed E-state index contributed by atoms with van der Waals surface area (Å²) >= 11 is 0. The number of hydrogen-bond donors (Lipinski definition) is 1. The van der Waals surface area contributed by atoms with E-state index in [1.807, 2.05) is 0 Å². The summed E-state index contributed by atoms with van der Waals surface area (Å²) in [6.45, 7) is 4.39. The highest BCUT2D eigenvalue weighted by Crippen LogP contribution is 2.56. The van der Waals surface area contributed by atoms with Crippen molar-refractivity contribution in [2.75, 3.05) is 0 Å². The van der Waals surface area contributed by atoms with Crippen molar-refractivity contribution in [1.29, 1.82) is 0 Å². The molecule has 0 amide bonds. The number of alkyl halides is 9. The van der Waals surface area contributed by atoms with Gasteiger partial charge in [0.05, 0.1) is 11.1 Å². The first kappa shape index (κ1) is 36.9. The van der Waals surface area contributed by atoms with Crippen LogP contribution in [0.2, 0.25) is 0 Å². The fourth-order valence-corrected chi connectivity index (χ4v) is 5.83. The Kier molecular flexibility index (Phi) is 9.91. The summed E-state index contributed by atoms with van der Waals surface area (Å²) in [6, 6.07) is 11.8. The van der Waals surface area contributed by atoms with Crippen LogP contribution in [-0.2, 0) is 18.0 Å². The summed E-state index contributed by atoms with van der Waals surface area (Å²) in [5.74, 6) is -3.41. The summed E-state index contributed by atoms with van der Waals surface area (Å²) in [5.41, 5.74) is -8.98. The lowest BCUT2D eigenvalue weighted by atomic mass is 9.72. The number of carbonyl (C=O) groups excluding carboxylic acids is 2. The van der Waals surface area contributed by atoms with Gasteiger partial charge in [0.25, 0.3) is 0 Å². The van der Waals surface area contributed by atoms with Gasteiger partial charge in [0.2, 0.25) is 5.41 Å². The molecule has 0 heterocycles. The van der Waals surface area contributed by atoms with E-state index in [0.29, 0.717) is 41.0 Å². The summed E-state index contributed by atoms with van der Waals surface area (Å²) in [4.78, 5) is 37.1. The Morgan fingerprint density at radius 1 is 0.633 bits per heavy atom. The molecule has 13 heteroatoms. The van der Waals surface area contributed by atoms with Gasteiger partial charge in [0.15, 0.2) is 11.6 Å². The average Bonchev–Trinajstić information content (AvgIpc) is 2.99. The topological polar surface area (TPSA) is 71.4 Å². The lowest BCUT2D eigenvalue weighted by Crippen LogP contribution is -2.54. The van der Waals surface area contributed by atoms with Crippen molar-refractivity contribution in [1.82, 2.24) is 0 Å². The van der Waals surface area contributed by atoms with Crippen LogP contribution in [0.1, 0.15) is 77.8 Å². The molecule has 0 aliphatic heterocycles. The van der Waals surface area contributed by atoms with Crippen LogP contribution in [0.15, 0.2) is 78.9 Å². The number of benzene rings is 4. The zero-order chi connectivity index (χ0) is 36.7. The second kappa shape index (κ2) is 13.2. The molecular formula is C36H27F9O4. The van der Waals surface area contributed by atoms with Crippen LogP contribution in [0.3, 0.4) is 0 Å². The van der Waals surface area contributed by atoms with E-state index in [4.69, 9.17) is 0 Å². The summed E-state index contributed by atoms with van der Waals surface area (Å²) in [6.07, 6.45) is -17.4. The first-order chi connectivity index (χ1) is 22.6. The molecule has 4 aromatic rings. The first-order valence-electron chi connectivity index (χ1n) is 14.6. The highest BCUT2D eigenvalue weighted by Gasteiger charge is 2.72. The molecule has 0 radical (unpaired) electrons. The number of aryl methyl sites for hydroxylation is 2. The number of rotatable bonds is 9. The number of carboxylic acid groups (broad SMARTS) is 1. The second-order valence-corrected chi connectivity index (χ2v) is 11.5. The van der Waals surface area contributed by atoms with Crippen molar-refractivity contribution in [3.05, 3.63) is 129 Å². The van der Waals surface area contributed by atoms with E-state index in [0.717, 1.165) is 18.2 Å². The maximum absolute atomic E-state index is 14.7. The standard InChI is InChI=1S/C36H27F9O4/c1-4-30(46)27-14-11-24(18-28(27)32(48)49)33(35(40,41)42,36(43,44)45)23-9-7-22(8-10-23)31(47)17-21-6-13-25(20(3)16-21)26-12-5-19(2)15-29(26)34(37,38)39/h5-16,18H,4,17H2,1-3H3,(H,48,49). The van der Waals surface area contributed by atoms with E-state index in [1.165, 1.54) is 51.1 Å². The van der Waals surface area contributed by atoms with Crippen molar-refractivity contribution in [3.8, 4) is 11.1 Å². The Labute approximate surface area is 274 Å². The number of carboxylic acids is 1. The highest BCUT2D eigenvalue weighted by atomic mass is 19.4. The minimum atomic E-state index is -6.06. The Morgan fingerprint density at radius 2 is 1.20 bits per heavy atom. The van der Waals surface area contributed by atoms with Crippen LogP contribution in [0, 0.1) is 13.8 Å². The molecule has 0 saturated heterocycles. The predicted molar refractivity (Wildman–Crippen MR) is 162 cm³/mol. The van der Waals surface area contributed by atoms with Gasteiger partial charge < -0.3 is 5.11 Å². The van der Waals surface area contributed by atoms with Gasteiger partial charge >= 0.3 is 24.5 Å². The molecule has 0 aromatic heterocycles. The van der Waals surface area contributed by atoms with Crippen LogP contribution in [-0.4, -0.2) is 35.0 Å². The average molecular weight is 695 g/mol. The van der Waals surface area contributed by atoms with Gasteiger partial charge in [-0.3, -0.25) is 9.59 Å². The van der Waals surface area contributed by atoms with E-state index >= 15 is 0 Å². The fourth-order valence-electron chi connectivity index (χ4n) is 5.83. The maximum atomic E-state index is 14.7. The molecule has 0 atom stereocenters. The molecule has 4 rings (SSSR count). The normalized spacial score (nSPS) is 12.6. The van der Waals surface area contributed by atoms with Crippen LogP contribution in [0.5, 0.6) is 0 Å². The van der Waals surface area contributed by atoms with E-state index in [-0.39, 0.29) is 35.6 Å². The Balaban J connectivity index is 1.73. The van der Waals surface area contributed by atoms with Crippen molar-refractivity contribution >= 4 is 17.5 Å². The van der Waals surface area contributed by atoms with Crippen molar-refractivity contribution < 1.29 is 59.0 Å². The van der Waals surface area contributed by atoms with Crippen molar-refractivity contribution in [3.63, 3.8) is 0 Å². The zero-order valence-corrected chi connectivity index (χ0v) is 26.0. The number of hydrogen-bond acceptors (Lipinski definition) is 3. The minimum absolute atomic E-state index is 0.0797. The molecule has 4 aromatic carbocycles. The van der Waals surface area contributed by atoms with Gasteiger partial charge in [-0.05, 0) is 59.4 Å². The third-order valence-electron chi connectivity index (χ3n) is 8.22. The number of ketones is 2. The van der Waals surface area contributed by atoms with Gasteiger partial charge in [-0.15, -0.1) is 0 Å². The van der Waals surface area contributed by atoms with Crippen molar-refractivity contribution in [2.45, 2.75) is 57.6 Å². The second-order valence-electron chi connectivity index (χ2n) is 11.5. The lowest BCUT2D eigenvalue weighted by molar-refractivity contribution is -0.288. The molecule has 0 unspecified atom stereocenters. The van der Waals surface area contributed by atoms with E-state index in [9.17, 15) is 59.0 Å². The molecule has 0 fully saturated rings. The molecule has 49 heavy (non-hydrogen) atoms. The molecule has 0 aliphatic rings. The third-order valence-corrected chi connectivity index (χ3v) is 8.22. The van der Waals surface area contributed by atoms with Gasteiger partial charge in [-0.25, -0.2) is 4.79 Å². The zero-order valence-electron chi connectivity index (χ0n) is 26.0. The number of halogens is 9. The molecule has 0 saturated carbocycles. The summed E-state index contributed by atoms with van der Waals surface area (Å²) in [5, 5.41) is 9.54. The fraction of sp³-hybridized carbons (Fsp3) is 0.250. The van der Waals surface area contributed by atoms with Gasteiger partial charge in [-0.1, -0.05) is 79.2 Å². The number of aromatic carboxylic acids is 1. The van der Waals surface area contributed by atoms with Crippen LogP contribution in [0.4, 0.5) is 39.5 Å². The third kappa shape index (κ3) is 6.97. The van der Waals surface area contributed by atoms with E-state index in [2.05, 4.69) is 0 Å². The first-order valence-corrected chi connectivity index (χ1v) is 14.6. The van der Waals surface area contributed by atoms with Crippen molar-refractivity contribution in [2.24, 2.45) is 0 Å². The molecule has 4 nitrogen and oxygen atoms in total. The molecular weight excluding hydrogens is 667 g/mol. The van der Waals surface area contributed by atoms with Gasteiger partial charge in [0, 0.05) is 24.0 Å². The van der Waals surface area contributed by atoms with Gasteiger partial charge in [0.1, 0.15) is 0 Å². The maximum Gasteiger partial charge on any atom is 0.417 e. The number of carbonyl (C=O) groups is 3. The molecule has 1 N–H and O–H groups in total. The lowest BCUT2D eigenvalue weighted by Gasteiger charge is -2.38. The van der Waals surface area contributed by atoms with E-state index in [1.54, 1.807) is 0 Å². The summed E-state index contributed by atoms with van der Waals surface area (Å²) in [7, 11) is 0. The smallest absolute Gasteiger partial charge is 0.417 e.